The number of likely N-dealkylation sites (N-methyl/N-ethyl adjacent to an activating group) is 1. The topological polar surface area (TPSA) is 32.5 Å². The quantitative estimate of drug-likeness (QED) is 0.893. The molecule has 1 fully saturated rings. The minimum Gasteiger partial charge on any atom is -0.329 e. The Morgan fingerprint density at radius 3 is 2.47 bits per heavy atom. The summed E-state index contributed by atoms with van der Waals surface area (Å²) >= 11 is 0. The monoisotopic (exact) mass is 261 g/mol. The van der Waals surface area contributed by atoms with Gasteiger partial charge in [-0.3, -0.25) is 9.80 Å². The Morgan fingerprint density at radius 1 is 1.21 bits per heavy atom. The molecule has 1 aliphatic heterocycles. The highest BCUT2D eigenvalue weighted by atomic mass is 15.3. The normalized spacial score (nSPS) is 22.3. The molecule has 106 valence electrons. The van der Waals surface area contributed by atoms with Crippen LogP contribution in [0.2, 0.25) is 0 Å². The van der Waals surface area contributed by atoms with Crippen molar-refractivity contribution in [2.45, 2.75) is 31.8 Å². The number of nitrogens with two attached hydrogens (primary N) is 1. The van der Waals surface area contributed by atoms with Gasteiger partial charge in [0.15, 0.2) is 0 Å². The fourth-order valence-corrected chi connectivity index (χ4v) is 2.84. The molecule has 0 radical (unpaired) electrons. The first-order valence-corrected chi connectivity index (χ1v) is 7.22. The molecule has 0 spiro atoms. The Labute approximate surface area is 117 Å². The number of hydrogen-bond acceptors (Lipinski definition) is 3. The van der Waals surface area contributed by atoms with Crippen LogP contribution in [0.4, 0.5) is 0 Å². The van der Waals surface area contributed by atoms with Crippen LogP contribution in [0.3, 0.4) is 0 Å². The molecule has 1 aromatic carbocycles. The van der Waals surface area contributed by atoms with Crippen molar-refractivity contribution in [2.24, 2.45) is 5.73 Å². The molecule has 3 nitrogen and oxygen atoms in total. The molecule has 3 heteroatoms. The van der Waals surface area contributed by atoms with Crippen LogP contribution in [-0.2, 0) is 6.42 Å². The van der Waals surface area contributed by atoms with Gasteiger partial charge in [0.2, 0.25) is 0 Å². The fourth-order valence-electron chi connectivity index (χ4n) is 2.84. The van der Waals surface area contributed by atoms with Crippen LogP contribution >= 0.6 is 0 Å². The Morgan fingerprint density at radius 2 is 1.89 bits per heavy atom. The average molecular weight is 261 g/mol. The van der Waals surface area contributed by atoms with E-state index < -0.39 is 0 Å². The van der Waals surface area contributed by atoms with E-state index in [0.717, 1.165) is 32.6 Å². The second kappa shape index (κ2) is 6.04. The Kier molecular flexibility index (Phi) is 4.61. The Hall–Kier alpha value is -0.900. The van der Waals surface area contributed by atoms with E-state index in [-0.39, 0.29) is 5.54 Å². The van der Waals surface area contributed by atoms with Crippen LogP contribution in [0.15, 0.2) is 30.3 Å². The molecular weight excluding hydrogens is 234 g/mol. The van der Waals surface area contributed by atoms with Crippen LogP contribution < -0.4 is 5.73 Å². The molecule has 1 heterocycles. The van der Waals surface area contributed by atoms with Gasteiger partial charge in [-0.2, -0.15) is 0 Å². The molecule has 1 aliphatic rings. The first-order valence-electron chi connectivity index (χ1n) is 7.22. The van der Waals surface area contributed by atoms with Crippen molar-refractivity contribution in [1.29, 1.82) is 0 Å². The van der Waals surface area contributed by atoms with E-state index in [1.807, 2.05) is 0 Å². The zero-order valence-electron chi connectivity index (χ0n) is 12.5. The van der Waals surface area contributed by atoms with Crippen molar-refractivity contribution in [2.75, 3.05) is 33.2 Å². The van der Waals surface area contributed by atoms with Gasteiger partial charge in [0.1, 0.15) is 0 Å². The lowest BCUT2D eigenvalue weighted by Gasteiger charge is -2.48. The average Bonchev–Trinajstić information content (AvgIpc) is 2.40. The van der Waals surface area contributed by atoms with Gasteiger partial charge in [0.05, 0.1) is 0 Å². The lowest BCUT2D eigenvalue weighted by Crippen LogP contribution is -2.61. The zero-order chi connectivity index (χ0) is 13.9. The van der Waals surface area contributed by atoms with Crippen molar-refractivity contribution < 1.29 is 0 Å². The van der Waals surface area contributed by atoms with Crippen LogP contribution in [0.1, 0.15) is 19.4 Å². The summed E-state index contributed by atoms with van der Waals surface area (Å²) < 4.78 is 0. The molecule has 1 saturated heterocycles. The van der Waals surface area contributed by atoms with E-state index in [1.54, 1.807) is 0 Å². The highest BCUT2D eigenvalue weighted by Gasteiger charge is 2.33. The van der Waals surface area contributed by atoms with Gasteiger partial charge < -0.3 is 5.73 Å². The number of nitrogens with zero attached hydrogens (tertiary/aromatic N) is 2. The number of piperazine rings is 1. The lowest BCUT2D eigenvalue weighted by molar-refractivity contribution is 0.0186. The molecule has 1 aromatic rings. The van der Waals surface area contributed by atoms with Crippen molar-refractivity contribution in [3.8, 4) is 0 Å². The highest BCUT2D eigenvalue weighted by Crippen LogP contribution is 2.21. The molecule has 0 saturated carbocycles. The van der Waals surface area contributed by atoms with Crippen molar-refractivity contribution in [1.82, 2.24) is 9.80 Å². The maximum atomic E-state index is 6.02. The van der Waals surface area contributed by atoms with Crippen LogP contribution in [-0.4, -0.2) is 54.6 Å². The minimum absolute atomic E-state index is 0.238. The van der Waals surface area contributed by atoms with E-state index >= 15 is 0 Å². The first kappa shape index (κ1) is 14.5. The second-order valence-corrected chi connectivity index (χ2v) is 6.28. The van der Waals surface area contributed by atoms with Crippen LogP contribution in [0.5, 0.6) is 0 Å². The molecule has 2 N–H and O–H groups in total. The van der Waals surface area contributed by atoms with Gasteiger partial charge >= 0.3 is 0 Å². The summed E-state index contributed by atoms with van der Waals surface area (Å²) in [6.45, 7) is 8.70. The first-order chi connectivity index (χ1) is 9.03. The summed E-state index contributed by atoms with van der Waals surface area (Å²) in [4.78, 5) is 5.01. The summed E-state index contributed by atoms with van der Waals surface area (Å²) in [5.41, 5.74) is 7.64. The Bertz CT molecular complexity index is 388. The number of benzene rings is 1. The third-order valence-corrected chi connectivity index (χ3v) is 4.45. The van der Waals surface area contributed by atoms with E-state index in [0.29, 0.717) is 6.04 Å². The van der Waals surface area contributed by atoms with E-state index in [1.165, 1.54) is 5.56 Å². The third-order valence-electron chi connectivity index (χ3n) is 4.45. The molecule has 2 rings (SSSR count). The Balaban J connectivity index is 2.02. The molecule has 0 aromatic heterocycles. The smallest absolute Gasteiger partial charge is 0.0277 e. The van der Waals surface area contributed by atoms with Gasteiger partial charge in [0, 0.05) is 37.8 Å². The summed E-state index contributed by atoms with van der Waals surface area (Å²) in [5, 5.41) is 0. The summed E-state index contributed by atoms with van der Waals surface area (Å²) in [6, 6.07) is 11.1. The van der Waals surface area contributed by atoms with Gasteiger partial charge in [-0.15, -0.1) is 0 Å². The molecule has 19 heavy (non-hydrogen) atoms. The lowest BCUT2D eigenvalue weighted by atomic mass is 9.96. The predicted molar refractivity (Wildman–Crippen MR) is 81.3 cm³/mol. The van der Waals surface area contributed by atoms with Crippen molar-refractivity contribution in [3.63, 3.8) is 0 Å². The SMILES string of the molecule is CN1CCN(C(CN)Cc2ccccc2)CC1(C)C. The number of rotatable bonds is 4. The van der Waals surface area contributed by atoms with Crippen molar-refractivity contribution in [3.05, 3.63) is 35.9 Å². The molecule has 1 unspecified atom stereocenters. The van der Waals surface area contributed by atoms with Gasteiger partial charge in [-0.1, -0.05) is 30.3 Å². The zero-order valence-corrected chi connectivity index (χ0v) is 12.5. The van der Waals surface area contributed by atoms with Crippen molar-refractivity contribution >= 4 is 0 Å². The molecule has 1 atom stereocenters. The maximum absolute atomic E-state index is 6.02. The standard InChI is InChI=1S/C16H27N3/c1-16(2)13-19(10-9-18(16)3)15(12-17)11-14-7-5-4-6-8-14/h4-8,15H,9-13,17H2,1-3H3. The number of hydrogen-bond donors (Lipinski definition) is 1. The molecule has 0 amide bonds. The van der Waals surface area contributed by atoms with E-state index in [4.69, 9.17) is 5.73 Å². The predicted octanol–water partition coefficient (Wildman–Crippen LogP) is 1.58. The van der Waals surface area contributed by atoms with Gasteiger partial charge in [0.25, 0.3) is 0 Å². The van der Waals surface area contributed by atoms with Gasteiger partial charge in [-0.25, -0.2) is 0 Å². The van der Waals surface area contributed by atoms with E-state index in [2.05, 4.69) is 61.0 Å². The second-order valence-electron chi connectivity index (χ2n) is 6.28. The highest BCUT2D eigenvalue weighted by molar-refractivity contribution is 5.16. The third kappa shape index (κ3) is 3.56. The summed E-state index contributed by atoms with van der Waals surface area (Å²) in [6.07, 6.45) is 1.05. The van der Waals surface area contributed by atoms with Crippen LogP contribution in [0.25, 0.3) is 0 Å². The maximum Gasteiger partial charge on any atom is 0.0277 e. The summed E-state index contributed by atoms with van der Waals surface area (Å²) in [5.74, 6) is 0. The minimum atomic E-state index is 0.238. The fraction of sp³-hybridized carbons (Fsp3) is 0.625. The summed E-state index contributed by atoms with van der Waals surface area (Å²) in [7, 11) is 2.21. The molecule has 0 bridgehead atoms. The van der Waals surface area contributed by atoms with E-state index in [9.17, 15) is 0 Å². The van der Waals surface area contributed by atoms with Gasteiger partial charge in [-0.05, 0) is 32.9 Å². The molecule has 0 aliphatic carbocycles. The molecular formula is C16H27N3. The largest absolute Gasteiger partial charge is 0.329 e. The van der Waals surface area contributed by atoms with Crippen LogP contribution in [0, 0.1) is 0 Å².